The van der Waals surface area contributed by atoms with E-state index < -0.39 is 11.2 Å². The minimum absolute atomic E-state index is 0.286. The van der Waals surface area contributed by atoms with E-state index in [1.165, 1.54) is 4.90 Å². The molecule has 2 heterocycles. The minimum atomic E-state index is -0.893. The van der Waals surface area contributed by atoms with Crippen LogP contribution in [0.1, 0.15) is 26.6 Å². The summed E-state index contributed by atoms with van der Waals surface area (Å²) in [5.74, 6) is 0.811. The van der Waals surface area contributed by atoms with E-state index in [0.29, 0.717) is 6.42 Å². The Morgan fingerprint density at radius 3 is 2.63 bits per heavy atom. The number of imidazole rings is 1. The molecule has 1 fully saturated rings. The number of carbonyl (C=O) groups excluding carboxylic acids is 1. The molecule has 6 nitrogen and oxygen atoms in total. The van der Waals surface area contributed by atoms with Gasteiger partial charge in [-0.1, -0.05) is 0 Å². The van der Waals surface area contributed by atoms with Crippen LogP contribution >= 0.6 is 0 Å². The van der Waals surface area contributed by atoms with Crippen molar-refractivity contribution in [1.82, 2.24) is 14.5 Å². The molecule has 0 saturated carbocycles. The molecule has 0 aromatic carbocycles. The monoisotopic (exact) mass is 267 g/mol. The Balaban J connectivity index is 1.88. The van der Waals surface area contributed by atoms with Crippen molar-refractivity contribution >= 4 is 6.09 Å². The first-order chi connectivity index (χ1) is 8.69. The van der Waals surface area contributed by atoms with Crippen LogP contribution in [-0.2, 0) is 18.2 Å². The van der Waals surface area contributed by atoms with Gasteiger partial charge in [-0.05, 0) is 20.8 Å². The highest BCUT2D eigenvalue weighted by atomic mass is 16.6. The highest BCUT2D eigenvalue weighted by molar-refractivity contribution is 5.69. The van der Waals surface area contributed by atoms with E-state index >= 15 is 0 Å². The summed E-state index contributed by atoms with van der Waals surface area (Å²) < 4.78 is 7.12. The fourth-order valence-electron chi connectivity index (χ4n) is 2.09. The Morgan fingerprint density at radius 2 is 2.16 bits per heavy atom. The second-order valence-electron chi connectivity index (χ2n) is 6.19. The molecule has 0 unspecified atom stereocenters. The molecule has 0 bridgehead atoms. The Hall–Kier alpha value is -1.56. The van der Waals surface area contributed by atoms with Gasteiger partial charge in [0.25, 0.3) is 0 Å². The van der Waals surface area contributed by atoms with E-state index in [9.17, 15) is 9.90 Å². The molecule has 1 aliphatic heterocycles. The largest absolute Gasteiger partial charge is 0.444 e. The van der Waals surface area contributed by atoms with Crippen LogP contribution in [0.2, 0.25) is 0 Å². The first-order valence-electron chi connectivity index (χ1n) is 6.35. The number of hydrogen-bond acceptors (Lipinski definition) is 4. The highest BCUT2D eigenvalue weighted by Gasteiger charge is 2.45. The summed E-state index contributed by atoms with van der Waals surface area (Å²) in [5.41, 5.74) is -1.40. The standard InChI is InChI=1S/C13H21N3O3/c1-12(2,3)19-11(17)16-8-13(18,9-16)7-10-14-5-6-15(10)4/h5-6,18H,7-9H2,1-4H3. The van der Waals surface area contributed by atoms with E-state index in [-0.39, 0.29) is 19.2 Å². The number of aromatic nitrogens is 2. The van der Waals surface area contributed by atoms with Crippen LogP contribution in [0.25, 0.3) is 0 Å². The number of rotatable bonds is 2. The van der Waals surface area contributed by atoms with Gasteiger partial charge in [-0.2, -0.15) is 0 Å². The van der Waals surface area contributed by atoms with Gasteiger partial charge in [-0.3, -0.25) is 0 Å². The Morgan fingerprint density at radius 1 is 1.53 bits per heavy atom. The number of aliphatic hydroxyl groups is 1. The summed E-state index contributed by atoms with van der Waals surface area (Å²) in [6, 6.07) is 0. The van der Waals surface area contributed by atoms with Gasteiger partial charge >= 0.3 is 6.09 Å². The summed E-state index contributed by atoms with van der Waals surface area (Å²) >= 11 is 0. The van der Waals surface area contributed by atoms with Crippen LogP contribution in [0.5, 0.6) is 0 Å². The van der Waals surface area contributed by atoms with E-state index in [1.807, 2.05) is 38.6 Å². The zero-order chi connectivity index (χ0) is 14.3. The number of ether oxygens (including phenoxy) is 1. The van der Waals surface area contributed by atoms with Crippen molar-refractivity contribution in [2.45, 2.75) is 38.4 Å². The van der Waals surface area contributed by atoms with Crippen LogP contribution in [0.4, 0.5) is 4.79 Å². The lowest BCUT2D eigenvalue weighted by molar-refractivity contribution is -0.0985. The third-order valence-electron chi connectivity index (χ3n) is 3.03. The van der Waals surface area contributed by atoms with Gasteiger partial charge in [0.05, 0.1) is 13.1 Å². The molecular weight excluding hydrogens is 246 g/mol. The number of likely N-dealkylation sites (tertiary alicyclic amines) is 1. The smallest absolute Gasteiger partial charge is 0.410 e. The van der Waals surface area contributed by atoms with Crippen molar-refractivity contribution in [2.24, 2.45) is 7.05 Å². The van der Waals surface area contributed by atoms with Gasteiger partial charge in [-0.15, -0.1) is 0 Å². The van der Waals surface area contributed by atoms with E-state index in [2.05, 4.69) is 4.98 Å². The fraction of sp³-hybridized carbons (Fsp3) is 0.692. The molecule has 106 valence electrons. The Bertz CT molecular complexity index is 470. The van der Waals surface area contributed by atoms with Gasteiger partial charge in [-0.25, -0.2) is 9.78 Å². The lowest BCUT2D eigenvalue weighted by Gasteiger charge is -2.46. The molecule has 0 spiro atoms. The van der Waals surface area contributed by atoms with Crippen molar-refractivity contribution in [3.63, 3.8) is 0 Å². The fourth-order valence-corrected chi connectivity index (χ4v) is 2.09. The predicted octanol–water partition coefficient (Wildman–Crippen LogP) is 0.944. The number of hydrogen-bond donors (Lipinski definition) is 1. The van der Waals surface area contributed by atoms with Crippen LogP contribution in [0.15, 0.2) is 12.4 Å². The third kappa shape index (κ3) is 3.26. The average Bonchev–Trinajstić information content (AvgIpc) is 2.58. The second kappa shape index (κ2) is 4.52. The molecule has 1 aromatic heterocycles. The van der Waals surface area contributed by atoms with Gasteiger partial charge < -0.3 is 19.3 Å². The minimum Gasteiger partial charge on any atom is -0.444 e. The lowest BCUT2D eigenvalue weighted by atomic mass is 9.90. The predicted molar refractivity (Wildman–Crippen MR) is 69.7 cm³/mol. The van der Waals surface area contributed by atoms with Crippen LogP contribution in [-0.4, -0.2) is 49.9 Å². The molecule has 1 aromatic rings. The molecule has 2 rings (SSSR count). The molecular formula is C13H21N3O3. The molecule has 6 heteroatoms. The van der Waals surface area contributed by atoms with Crippen LogP contribution in [0, 0.1) is 0 Å². The summed E-state index contributed by atoms with van der Waals surface area (Å²) in [5, 5.41) is 10.3. The summed E-state index contributed by atoms with van der Waals surface area (Å²) in [6.07, 6.45) is 3.60. The number of carbonyl (C=O) groups is 1. The second-order valence-corrected chi connectivity index (χ2v) is 6.19. The summed E-state index contributed by atoms with van der Waals surface area (Å²) in [4.78, 5) is 17.5. The van der Waals surface area contributed by atoms with Gasteiger partial charge in [0, 0.05) is 25.9 Å². The molecule has 1 N–H and O–H groups in total. The van der Waals surface area contributed by atoms with E-state index in [0.717, 1.165) is 5.82 Å². The van der Waals surface area contributed by atoms with Crippen LogP contribution < -0.4 is 0 Å². The molecule has 19 heavy (non-hydrogen) atoms. The SMILES string of the molecule is Cn1ccnc1CC1(O)CN(C(=O)OC(C)(C)C)C1. The third-order valence-corrected chi connectivity index (χ3v) is 3.03. The molecule has 1 aliphatic rings. The molecule has 0 atom stereocenters. The number of β-amino-alcohol motifs (C(OH)–C–C–N with tert-alkyl or cyclic N) is 1. The zero-order valence-electron chi connectivity index (χ0n) is 11.9. The first kappa shape index (κ1) is 13.9. The Labute approximate surface area is 113 Å². The maximum Gasteiger partial charge on any atom is 0.410 e. The zero-order valence-corrected chi connectivity index (χ0v) is 11.9. The van der Waals surface area contributed by atoms with E-state index in [1.54, 1.807) is 6.20 Å². The highest BCUT2D eigenvalue weighted by Crippen LogP contribution is 2.26. The number of amides is 1. The van der Waals surface area contributed by atoms with Crippen LogP contribution in [0.3, 0.4) is 0 Å². The van der Waals surface area contributed by atoms with Crippen molar-refractivity contribution in [3.05, 3.63) is 18.2 Å². The van der Waals surface area contributed by atoms with Gasteiger partial charge in [0.1, 0.15) is 17.0 Å². The molecule has 0 aliphatic carbocycles. The van der Waals surface area contributed by atoms with Crippen molar-refractivity contribution in [3.8, 4) is 0 Å². The molecule has 1 saturated heterocycles. The molecule has 0 radical (unpaired) electrons. The topological polar surface area (TPSA) is 67.6 Å². The lowest BCUT2D eigenvalue weighted by Crippen LogP contribution is -2.65. The number of nitrogens with zero attached hydrogens (tertiary/aromatic N) is 3. The van der Waals surface area contributed by atoms with Gasteiger partial charge in [0.2, 0.25) is 0 Å². The summed E-state index contributed by atoms with van der Waals surface area (Å²) in [6.45, 7) is 6.05. The molecule has 1 amide bonds. The number of aryl methyl sites for hydroxylation is 1. The van der Waals surface area contributed by atoms with Crippen molar-refractivity contribution < 1.29 is 14.6 Å². The van der Waals surface area contributed by atoms with E-state index in [4.69, 9.17) is 4.74 Å². The van der Waals surface area contributed by atoms with Gasteiger partial charge in [0.15, 0.2) is 0 Å². The maximum absolute atomic E-state index is 11.8. The maximum atomic E-state index is 11.8. The van der Waals surface area contributed by atoms with Crippen molar-refractivity contribution in [1.29, 1.82) is 0 Å². The quantitative estimate of drug-likeness (QED) is 0.866. The summed E-state index contributed by atoms with van der Waals surface area (Å²) in [7, 11) is 1.88. The average molecular weight is 267 g/mol. The normalized spacial score (nSPS) is 18.1. The van der Waals surface area contributed by atoms with Crippen molar-refractivity contribution in [2.75, 3.05) is 13.1 Å². The Kier molecular flexibility index (Phi) is 3.30. The first-order valence-corrected chi connectivity index (χ1v) is 6.35.